The lowest BCUT2D eigenvalue weighted by Crippen LogP contribution is -2.54. The number of anilines is 1. The van der Waals surface area contributed by atoms with Crippen LogP contribution in [0.4, 0.5) is 14.9 Å². The fraction of sp³-hybridized carbons (Fsp3) is 0.632. The molecule has 4 rings (SSSR count). The second kappa shape index (κ2) is 6.36. The minimum absolute atomic E-state index is 0.0147. The standard InChI is InChI=1S/C19H25FN2O2/c1-12-13-9-16(17-7-2-3-8-22(12)17)18(10-13)24-19(23)21-15-6-4-5-14(20)11-15/h4-6,11-13,16-18H,2-3,7-10H2,1H3,(H,21,23)/t12-,13?,16?,17+,18?/m0/s1. The van der Waals surface area contributed by atoms with Crippen molar-refractivity contribution in [3.63, 3.8) is 0 Å². The molecule has 1 amide bonds. The Kier molecular flexibility index (Phi) is 4.21. The maximum atomic E-state index is 13.2. The zero-order valence-electron chi connectivity index (χ0n) is 14.1. The topological polar surface area (TPSA) is 41.6 Å². The zero-order chi connectivity index (χ0) is 16.7. The predicted octanol–water partition coefficient (Wildman–Crippen LogP) is 4.03. The lowest BCUT2D eigenvalue weighted by atomic mass is 9.81. The first-order valence-corrected chi connectivity index (χ1v) is 9.11. The number of amides is 1. The Bertz CT molecular complexity index is 623. The van der Waals surface area contributed by atoms with Gasteiger partial charge in [-0.25, -0.2) is 9.18 Å². The van der Waals surface area contributed by atoms with Crippen molar-refractivity contribution in [3.8, 4) is 0 Å². The van der Waals surface area contributed by atoms with E-state index in [1.54, 1.807) is 12.1 Å². The Morgan fingerprint density at radius 1 is 1.33 bits per heavy atom. The number of nitrogens with zero attached hydrogens (tertiary/aromatic N) is 1. The number of fused-ring (bicyclic) bond motifs is 4. The van der Waals surface area contributed by atoms with E-state index in [1.165, 1.54) is 44.4 Å². The van der Waals surface area contributed by atoms with E-state index in [4.69, 9.17) is 4.74 Å². The molecule has 0 radical (unpaired) electrons. The van der Waals surface area contributed by atoms with Crippen LogP contribution in [-0.2, 0) is 4.74 Å². The maximum Gasteiger partial charge on any atom is 0.411 e. The van der Waals surface area contributed by atoms with Crippen molar-refractivity contribution in [3.05, 3.63) is 30.1 Å². The second-order valence-electron chi connectivity index (χ2n) is 7.52. The van der Waals surface area contributed by atoms with Gasteiger partial charge in [-0.1, -0.05) is 12.5 Å². The number of ether oxygens (including phenoxy) is 1. The van der Waals surface area contributed by atoms with Gasteiger partial charge in [-0.15, -0.1) is 0 Å². The van der Waals surface area contributed by atoms with Crippen LogP contribution >= 0.6 is 0 Å². The van der Waals surface area contributed by atoms with Gasteiger partial charge in [-0.05, 0) is 63.3 Å². The Morgan fingerprint density at radius 2 is 2.21 bits per heavy atom. The number of hydrogen-bond acceptors (Lipinski definition) is 3. The fourth-order valence-corrected chi connectivity index (χ4v) is 5.07. The van der Waals surface area contributed by atoms with Gasteiger partial charge in [-0.3, -0.25) is 10.2 Å². The van der Waals surface area contributed by atoms with Crippen molar-refractivity contribution in [1.29, 1.82) is 0 Å². The fourth-order valence-electron chi connectivity index (χ4n) is 5.07. The van der Waals surface area contributed by atoms with Crippen molar-refractivity contribution in [2.45, 2.75) is 57.2 Å². The van der Waals surface area contributed by atoms with Gasteiger partial charge in [0.25, 0.3) is 0 Å². The molecule has 1 aromatic carbocycles. The summed E-state index contributed by atoms with van der Waals surface area (Å²) in [6.07, 6.45) is 5.42. The third-order valence-corrected chi connectivity index (χ3v) is 6.21. The van der Waals surface area contributed by atoms with Gasteiger partial charge in [0.2, 0.25) is 0 Å². The number of carbonyl (C=O) groups is 1. The van der Waals surface area contributed by atoms with Gasteiger partial charge in [0, 0.05) is 23.7 Å². The summed E-state index contributed by atoms with van der Waals surface area (Å²) in [7, 11) is 0. The SMILES string of the molecule is C[C@H]1C2CC(OC(=O)Nc3cccc(F)c3)C(C2)[C@H]2CCCCN21. The number of benzene rings is 1. The zero-order valence-corrected chi connectivity index (χ0v) is 14.1. The summed E-state index contributed by atoms with van der Waals surface area (Å²) in [5.41, 5.74) is 0.439. The monoisotopic (exact) mass is 332 g/mol. The third kappa shape index (κ3) is 2.90. The molecule has 3 aliphatic rings. The Hall–Kier alpha value is -1.62. The van der Waals surface area contributed by atoms with Crippen LogP contribution in [0.15, 0.2) is 24.3 Å². The largest absolute Gasteiger partial charge is 0.446 e. The summed E-state index contributed by atoms with van der Waals surface area (Å²) < 4.78 is 19.0. The lowest BCUT2D eigenvalue weighted by Gasteiger charge is -2.47. The molecule has 2 saturated heterocycles. The van der Waals surface area contributed by atoms with E-state index in [2.05, 4.69) is 17.1 Å². The molecule has 2 bridgehead atoms. The second-order valence-corrected chi connectivity index (χ2v) is 7.52. The molecule has 5 atom stereocenters. The summed E-state index contributed by atoms with van der Waals surface area (Å²) in [4.78, 5) is 14.9. The molecular formula is C19H25FN2O2. The number of nitrogens with one attached hydrogen (secondary N) is 1. The van der Waals surface area contributed by atoms with Crippen LogP contribution in [0.2, 0.25) is 0 Å². The van der Waals surface area contributed by atoms with Crippen LogP contribution in [0, 0.1) is 17.7 Å². The van der Waals surface area contributed by atoms with E-state index in [0.29, 0.717) is 29.6 Å². The molecule has 2 heterocycles. The first-order valence-electron chi connectivity index (χ1n) is 9.11. The van der Waals surface area contributed by atoms with Crippen molar-refractivity contribution in [1.82, 2.24) is 4.90 Å². The lowest BCUT2D eigenvalue weighted by molar-refractivity contribution is -0.00871. The molecule has 1 N–H and O–H groups in total. The highest BCUT2D eigenvalue weighted by Crippen LogP contribution is 2.48. The van der Waals surface area contributed by atoms with E-state index >= 15 is 0 Å². The van der Waals surface area contributed by atoms with E-state index in [0.717, 1.165) is 6.42 Å². The molecule has 3 unspecified atom stereocenters. The first-order chi connectivity index (χ1) is 11.6. The smallest absolute Gasteiger partial charge is 0.411 e. The summed E-state index contributed by atoms with van der Waals surface area (Å²) in [5, 5.41) is 2.66. The minimum Gasteiger partial charge on any atom is -0.446 e. The number of carbonyl (C=O) groups excluding carboxylic acids is 1. The van der Waals surface area contributed by atoms with Gasteiger partial charge in [0.1, 0.15) is 11.9 Å². The molecule has 1 aliphatic carbocycles. The summed E-state index contributed by atoms with van der Waals surface area (Å²) in [6, 6.07) is 7.05. The molecule has 0 aromatic heterocycles. The quantitative estimate of drug-likeness (QED) is 0.889. The number of piperidine rings is 2. The van der Waals surface area contributed by atoms with Crippen molar-refractivity contribution in [2.75, 3.05) is 11.9 Å². The van der Waals surface area contributed by atoms with Crippen LogP contribution in [0.3, 0.4) is 0 Å². The van der Waals surface area contributed by atoms with Gasteiger partial charge in [0.05, 0.1) is 0 Å². The molecule has 1 saturated carbocycles. The van der Waals surface area contributed by atoms with Crippen LogP contribution in [0.1, 0.15) is 39.0 Å². The number of halogens is 1. The Morgan fingerprint density at radius 3 is 3.04 bits per heavy atom. The third-order valence-electron chi connectivity index (χ3n) is 6.21. The number of hydrogen-bond donors (Lipinski definition) is 1. The molecule has 24 heavy (non-hydrogen) atoms. The molecule has 0 spiro atoms. The van der Waals surface area contributed by atoms with Crippen LogP contribution in [0.25, 0.3) is 0 Å². The number of rotatable bonds is 2. The van der Waals surface area contributed by atoms with E-state index in [1.807, 2.05) is 0 Å². The molecule has 5 heteroatoms. The van der Waals surface area contributed by atoms with Gasteiger partial charge in [0.15, 0.2) is 0 Å². The maximum absolute atomic E-state index is 13.2. The highest BCUT2D eigenvalue weighted by molar-refractivity contribution is 5.84. The average molecular weight is 332 g/mol. The Labute approximate surface area is 142 Å². The normalized spacial score (nSPS) is 35.3. The van der Waals surface area contributed by atoms with Gasteiger partial charge >= 0.3 is 6.09 Å². The highest BCUT2D eigenvalue weighted by atomic mass is 19.1. The molecular weight excluding hydrogens is 307 g/mol. The van der Waals surface area contributed by atoms with Crippen LogP contribution < -0.4 is 5.32 Å². The summed E-state index contributed by atoms with van der Waals surface area (Å²) >= 11 is 0. The molecule has 4 nitrogen and oxygen atoms in total. The van der Waals surface area contributed by atoms with Crippen LogP contribution in [-0.4, -0.2) is 35.7 Å². The highest BCUT2D eigenvalue weighted by Gasteiger charge is 2.51. The molecule has 1 aromatic rings. The molecule has 2 aliphatic heterocycles. The molecule has 3 fully saturated rings. The molecule has 130 valence electrons. The van der Waals surface area contributed by atoms with Gasteiger partial charge in [-0.2, -0.15) is 0 Å². The van der Waals surface area contributed by atoms with Crippen LogP contribution in [0.5, 0.6) is 0 Å². The average Bonchev–Trinajstić information content (AvgIpc) is 2.93. The van der Waals surface area contributed by atoms with E-state index in [-0.39, 0.29) is 11.9 Å². The van der Waals surface area contributed by atoms with Gasteiger partial charge < -0.3 is 4.74 Å². The minimum atomic E-state index is -0.465. The summed E-state index contributed by atoms with van der Waals surface area (Å²) in [5.74, 6) is 0.706. The summed E-state index contributed by atoms with van der Waals surface area (Å²) in [6.45, 7) is 3.51. The van der Waals surface area contributed by atoms with Crippen molar-refractivity contribution < 1.29 is 13.9 Å². The first kappa shape index (κ1) is 15.9. The predicted molar refractivity (Wildman–Crippen MR) is 90.3 cm³/mol. The van der Waals surface area contributed by atoms with E-state index < -0.39 is 6.09 Å². The van der Waals surface area contributed by atoms with Crippen molar-refractivity contribution >= 4 is 11.8 Å². The van der Waals surface area contributed by atoms with Crippen molar-refractivity contribution in [2.24, 2.45) is 11.8 Å². The van der Waals surface area contributed by atoms with E-state index in [9.17, 15) is 9.18 Å². The Balaban J connectivity index is 1.42.